The molecule has 1 fully saturated rings. The molecule has 1 aliphatic heterocycles. The van der Waals surface area contributed by atoms with Crippen molar-refractivity contribution in [2.24, 2.45) is 0 Å². The summed E-state index contributed by atoms with van der Waals surface area (Å²) in [4.78, 5) is 0. The van der Waals surface area contributed by atoms with Crippen LogP contribution in [0.15, 0.2) is 18.2 Å². The summed E-state index contributed by atoms with van der Waals surface area (Å²) in [6, 6.07) is 7.10. The number of aryl methyl sites for hydroxylation is 2. The summed E-state index contributed by atoms with van der Waals surface area (Å²) >= 11 is 0. The van der Waals surface area contributed by atoms with Crippen molar-refractivity contribution in [2.75, 3.05) is 13.2 Å². The summed E-state index contributed by atoms with van der Waals surface area (Å²) in [5, 5.41) is 3.52. The fourth-order valence-electron chi connectivity index (χ4n) is 2.48. The van der Waals surface area contributed by atoms with E-state index in [1.54, 1.807) is 0 Å². The molecular formula is C15H23NO. The van der Waals surface area contributed by atoms with Crippen LogP contribution in [0.2, 0.25) is 0 Å². The van der Waals surface area contributed by atoms with E-state index < -0.39 is 0 Å². The molecule has 0 spiro atoms. The van der Waals surface area contributed by atoms with Crippen molar-refractivity contribution in [2.45, 2.75) is 45.6 Å². The SMILES string of the molecule is Cc1ccc(OCCCC2CCCN2)c(C)c1. The summed E-state index contributed by atoms with van der Waals surface area (Å²) in [6.45, 7) is 6.26. The molecule has 0 radical (unpaired) electrons. The zero-order valence-electron chi connectivity index (χ0n) is 11.0. The summed E-state index contributed by atoms with van der Waals surface area (Å²) in [5.41, 5.74) is 2.54. The minimum Gasteiger partial charge on any atom is -0.493 e. The largest absolute Gasteiger partial charge is 0.493 e. The van der Waals surface area contributed by atoms with Crippen LogP contribution in [-0.4, -0.2) is 19.2 Å². The Morgan fingerprint density at radius 3 is 2.94 bits per heavy atom. The quantitative estimate of drug-likeness (QED) is 0.788. The van der Waals surface area contributed by atoms with Crippen molar-refractivity contribution >= 4 is 0 Å². The van der Waals surface area contributed by atoms with Gasteiger partial charge in [0.25, 0.3) is 0 Å². The van der Waals surface area contributed by atoms with Crippen LogP contribution in [0.4, 0.5) is 0 Å². The van der Waals surface area contributed by atoms with Crippen LogP contribution in [-0.2, 0) is 0 Å². The lowest BCUT2D eigenvalue weighted by Crippen LogP contribution is -2.21. The van der Waals surface area contributed by atoms with Crippen LogP contribution in [0.1, 0.15) is 36.8 Å². The van der Waals surface area contributed by atoms with Gasteiger partial charge in [-0.3, -0.25) is 0 Å². The van der Waals surface area contributed by atoms with Crippen LogP contribution < -0.4 is 10.1 Å². The molecule has 2 nitrogen and oxygen atoms in total. The summed E-state index contributed by atoms with van der Waals surface area (Å²) < 4.78 is 5.82. The van der Waals surface area contributed by atoms with E-state index in [2.05, 4.69) is 37.4 Å². The third-order valence-electron chi connectivity index (χ3n) is 3.45. The average molecular weight is 233 g/mol. The van der Waals surface area contributed by atoms with E-state index >= 15 is 0 Å². The smallest absolute Gasteiger partial charge is 0.122 e. The van der Waals surface area contributed by atoms with E-state index in [9.17, 15) is 0 Å². The summed E-state index contributed by atoms with van der Waals surface area (Å²) in [6.07, 6.45) is 5.06. The van der Waals surface area contributed by atoms with Crippen LogP contribution in [0.3, 0.4) is 0 Å². The fourth-order valence-corrected chi connectivity index (χ4v) is 2.48. The van der Waals surface area contributed by atoms with Crippen molar-refractivity contribution in [3.63, 3.8) is 0 Å². The molecule has 1 saturated heterocycles. The maximum Gasteiger partial charge on any atom is 0.122 e. The predicted molar refractivity (Wildman–Crippen MR) is 71.7 cm³/mol. The minimum absolute atomic E-state index is 0.734. The summed E-state index contributed by atoms with van der Waals surface area (Å²) in [7, 11) is 0. The molecule has 1 aromatic carbocycles. The van der Waals surface area contributed by atoms with Gasteiger partial charge in [-0.05, 0) is 57.7 Å². The van der Waals surface area contributed by atoms with Gasteiger partial charge in [0.15, 0.2) is 0 Å². The first-order valence-electron chi connectivity index (χ1n) is 6.69. The molecule has 2 heteroatoms. The van der Waals surface area contributed by atoms with Gasteiger partial charge in [-0.15, -0.1) is 0 Å². The van der Waals surface area contributed by atoms with E-state index in [0.717, 1.165) is 24.8 Å². The number of rotatable bonds is 5. The molecule has 0 aromatic heterocycles. The maximum atomic E-state index is 5.82. The van der Waals surface area contributed by atoms with Crippen LogP contribution >= 0.6 is 0 Å². The number of ether oxygens (including phenoxy) is 1. The highest BCUT2D eigenvalue weighted by Crippen LogP contribution is 2.19. The van der Waals surface area contributed by atoms with Gasteiger partial charge in [0.05, 0.1) is 6.61 Å². The molecule has 1 heterocycles. The molecular weight excluding hydrogens is 210 g/mol. The monoisotopic (exact) mass is 233 g/mol. The maximum absolute atomic E-state index is 5.82. The Hall–Kier alpha value is -1.02. The Morgan fingerprint density at radius 2 is 2.24 bits per heavy atom. The molecule has 17 heavy (non-hydrogen) atoms. The molecule has 0 saturated carbocycles. The Labute approximate surface area is 104 Å². The minimum atomic E-state index is 0.734. The van der Waals surface area contributed by atoms with Gasteiger partial charge >= 0.3 is 0 Å². The highest BCUT2D eigenvalue weighted by molar-refractivity contribution is 5.35. The second kappa shape index (κ2) is 6.06. The van der Waals surface area contributed by atoms with E-state index in [1.165, 1.54) is 36.9 Å². The fraction of sp³-hybridized carbons (Fsp3) is 0.600. The zero-order valence-corrected chi connectivity index (χ0v) is 11.0. The highest BCUT2D eigenvalue weighted by Gasteiger charge is 2.12. The van der Waals surface area contributed by atoms with E-state index in [1.807, 2.05) is 0 Å². The first-order chi connectivity index (χ1) is 8.25. The Bertz CT molecular complexity index is 356. The van der Waals surface area contributed by atoms with E-state index in [-0.39, 0.29) is 0 Å². The highest BCUT2D eigenvalue weighted by atomic mass is 16.5. The van der Waals surface area contributed by atoms with Gasteiger partial charge in [-0.2, -0.15) is 0 Å². The van der Waals surface area contributed by atoms with Gasteiger partial charge in [-0.1, -0.05) is 17.7 Å². The van der Waals surface area contributed by atoms with E-state index in [4.69, 9.17) is 4.74 Å². The van der Waals surface area contributed by atoms with E-state index in [0.29, 0.717) is 0 Å². The molecule has 94 valence electrons. The Balaban J connectivity index is 1.70. The molecule has 0 bridgehead atoms. The molecule has 1 unspecified atom stereocenters. The molecule has 1 N–H and O–H groups in total. The normalized spacial score (nSPS) is 19.5. The van der Waals surface area contributed by atoms with Gasteiger partial charge < -0.3 is 10.1 Å². The molecule has 1 aromatic rings. The van der Waals surface area contributed by atoms with Gasteiger partial charge in [0.2, 0.25) is 0 Å². The average Bonchev–Trinajstić information content (AvgIpc) is 2.79. The number of nitrogens with one attached hydrogen (secondary N) is 1. The van der Waals surface area contributed by atoms with Crippen molar-refractivity contribution in [1.29, 1.82) is 0 Å². The first kappa shape index (κ1) is 12.4. The molecule has 2 rings (SSSR count). The van der Waals surface area contributed by atoms with Crippen molar-refractivity contribution in [3.05, 3.63) is 29.3 Å². The lowest BCUT2D eigenvalue weighted by molar-refractivity contribution is 0.297. The third kappa shape index (κ3) is 3.74. The summed E-state index contributed by atoms with van der Waals surface area (Å²) in [5.74, 6) is 1.04. The zero-order chi connectivity index (χ0) is 12.1. The Morgan fingerprint density at radius 1 is 1.35 bits per heavy atom. The van der Waals surface area contributed by atoms with Crippen LogP contribution in [0.5, 0.6) is 5.75 Å². The number of hydrogen-bond donors (Lipinski definition) is 1. The number of benzene rings is 1. The second-order valence-electron chi connectivity index (χ2n) is 5.05. The van der Waals surface area contributed by atoms with Crippen molar-refractivity contribution in [1.82, 2.24) is 5.32 Å². The van der Waals surface area contributed by atoms with Gasteiger partial charge in [0, 0.05) is 6.04 Å². The number of hydrogen-bond acceptors (Lipinski definition) is 2. The Kier molecular flexibility index (Phi) is 4.43. The van der Waals surface area contributed by atoms with Crippen LogP contribution in [0, 0.1) is 13.8 Å². The van der Waals surface area contributed by atoms with Gasteiger partial charge in [-0.25, -0.2) is 0 Å². The second-order valence-corrected chi connectivity index (χ2v) is 5.05. The van der Waals surface area contributed by atoms with Crippen LogP contribution in [0.25, 0.3) is 0 Å². The third-order valence-corrected chi connectivity index (χ3v) is 3.45. The van der Waals surface area contributed by atoms with Crippen molar-refractivity contribution < 1.29 is 4.74 Å². The van der Waals surface area contributed by atoms with Gasteiger partial charge in [0.1, 0.15) is 5.75 Å². The lowest BCUT2D eigenvalue weighted by Gasteiger charge is -2.12. The lowest BCUT2D eigenvalue weighted by atomic mass is 10.1. The first-order valence-corrected chi connectivity index (χ1v) is 6.69. The molecule has 1 aliphatic rings. The molecule has 0 amide bonds. The standard InChI is InChI=1S/C15H23NO/c1-12-7-8-15(13(2)11-12)17-10-4-6-14-5-3-9-16-14/h7-8,11,14,16H,3-6,9-10H2,1-2H3. The topological polar surface area (TPSA) is 21.3 Å². The molecule has 1 atom stereocenters. The van der Waals surface area contributed by atoms with Crippen molar-refractivity contribution in [3.8, 4) is 5.75 Å². The molecule has 0 aliphatic carbocycles. The predicted octanol–water partition coefficient (Wildman–Crippen LogP) is 3.21.